The van der Waals surface area contributed by atoms with Crippen molar-refractivity contribution in [3.05, 3.63) is 67.6 Å². The van der Waals surface area contributed by atoms with Crippen molar-refractivity contribution in [3.8, 4) is 0 Å². The van der Waals surface area contributed by atoms with Crippen LogP contribution in [0.5, 0.6) is 0 Å². The second-order valence-electron chi connectivity index (χ2n) is 5.72. The van der Waals surface area contributed by atoms with Crippen LogP contribution in [0.15, 0.2) is 36.4 Å². The molecular weight excluding hydrogens is 454 g/mol. The molecule has 0 unspecified atom stereocenters. The van der Waals surface area contributed by atoms with Gasteiger partial charge >= 0.3 is 0 Å². The third kappa shape index (κ3) is 2.99. The third-order valence-corrected chi connectivity index (χ3v) is 5.91. The Hall–Kier alpha value is -1.02. The molecule has 4 nitrogen and oxygen atoms in total. The molecule has 0 aromatic heterocycles. The standard InChI is InChI=1S/C16H10Cl4N4S2/c17-7-1-3-9(11(19)5-7)13-21-15(25)24-14(22-16(26)23(13)24)10-4-2-8(18)6-12(10)20/h1-6,13-14H,(H,21,25)(H,22,26)/t13-,14+. The zero-order valence-electron chi connectivity index (χ0n) is 12.8. The summed E-state index contributed by atoms with van der Waals surface area (Å²) < 4.78 is 0. The summed E-state index contributed by atoms with van der Waals surface area (Å²) in [4.78, 5) is 0. The van der Waals surface area contributed by atoms with E-state index in [0.29, 0.717) is 30.3 Å². The van der Waals surface area contributed by atoms with Crippen LogP contribution in [0.4, 0.5) is 0 Å². The van der Waals surface area contributed by atoms with E-state index >= 15 is 0 Å². The van der Waals surface area contributed by atoms with Crippen LogP contribution in [-0.2, 0) is 0 Å². The average molecular weight is 464 g/mol. The number of hydrazine groups is 1. The van der Waals surface area contributed by atoms with Crippen molar-refractivity contribution < 1.29 is 0 Å². The summed E-state index contributed by atoms with van der Waals surface area (Å²) in [6, 6.07) is 10.6. The van der Waals surface area contributed by atoms with Gasteiger partial charge in [0.1, 0.15) is 0 Å². The minimum Gasteiger partial charge on any atom is -0.336 e. The summed E-state index contributed by atoms with van der Waals surface area (Å²) in [5, 5.41) is 13.4. The van der Waals surface area contributed by atoms with Gasteiger partial charge in [-0.1, -0.05) is 58.5 Å². The lowest BCUT2D eigenvalue weighted by atomic mass is 10.1. The molecule has 0 amide bonds. The van der Waals surface area contributed by atoms with Crippen molar-refractivity contribution in [2.24, 2.45) is 0 Å². The van der Waals surface area contributed by atoms with Gasteiger partial charge < -0.3 is 10.6 Å². The normalized spacial score (nSPS) is 21.7. The van der Waals surface area contributed by atoms with Crippen LogP contribution in [0.2, 0.25) is 20.1 Å². The van der Waals surface area contributed by atoms with Crippen LogP contribution in [-0.4, -0.2) is 20.2 Å². The van der Waals surface area contributed by atoms with Crippen molar-refractivity contribution in [1.29, 1.82) is 0 Å². The molecule has 0 aliphatic carbocycles. The molecule has 2 aromatic rings. The average Bonchev–Trinajstić information content (AvgIpc) is 3.07. The summed E-state index contributed by atoms with van der Waals surface area (Å²) in [6.07, 6.45) is -0.688. The molecule has 2 fully saturated rings. The summed E-state index contributed by atoms with van der Waals surface area (Å²) in [7, 11) is 0. The Morgan fingerprint density at radius 1 is 0.692 bits per heavy atom. The van der Waals surface area contributed by atoms with Crippen LogP contribution in [0.3, 0.4) is 0 Å². The van der Waals surface area contributed by atoms with E-state index in [-0.39, 0.29) is 12.3 Å². The van der Waals surface area contributed by atoms with E-state index in [2.05, 4.69) is 10.6 Å². The highest BCUT2D eigenvalue weighted by Crippen LogP contribution is 2.41. The fraction of sp³-hybridized carbons (Fsp3) is 0.125. The SMILES string of the molecule is S=C1N[C@@H](c2ccc(Cl)cc2Cl)N2C(=S)N[C@H](c3ccc(Cl)cc3Cl)N12. The van der Waals surface area contributed by atoms with E-state index in [1.165, 1.54) is 0 Å². The Labute approximate surface area is 180 Å². The first-order valence-electron chi connectivity index (χ1n) is 7.46. The number of thiocarbonyl (C=S) groups is 2. The van der Waals surface area contributed by atoms with Crippen molar-refractivity contribution in [2.45, 2.75) is 12.3 Å². The van der Waals surface area contributed by atoms with Gasteiger partial charge in [-0.3, -0.25) is 0 Å². The second kappa shape index (κ2) is 6.86. The van der Waals surface area contributed by atoms with Gasteiger partial charge in [-0.25, -0.2) is 10.0 Å². The van der Waals surface area contributed by atoms with Gasteiger partial charge in [-0.05, 0) is 48.7 Å². The maximum atomic E-state index is 6.38. The summed E-state index contributed by atoms with van der Waals surface area (Å²) in [6.45, 7) is 0. The zero-order chi connectivity index (χ0) is 18.6. The highest BCUT2D eigenvalue weighted by Gasteiger charge is 2.48. The number of nitrogens with zero attached hydrogens (tertiary/aromatic N) is 2. The van der Waals surface area contributed by atoms with E-state index in [4.69, 9.17) is 70.8 Å². The fourth-order valence-corrected chi connectivity index (χ4v) is 4.67. The molecule has 0 saturated carbocycles. The Morgan fingerprint density at radius 2 is 1.08 bits per heavy atom. The molecule has 2 saturated heterocycles. The number of hydrogen-bond donors (Lipinski definition) is 2. The lowest BCUT2D eigenvalue weighted by molar-refractivity contribution is 0.114. The first-order chi connectivity index (χ1) is 12.4. The quantitative estimate of drug-likeness (QED) is 0.588. The molecule has 0 bridgehead atoms. The van der Waals surface area contributed by atoms with Crippen molar-refractivity contribution in [1.82, 2.24) is 20.7 Å². The molecule has 134 valence electrons. The van der Waals surface area contributed by atoms with Gasteiger partial charge in [-0.2, -0.15) is 0 Å². The summed E-state index contributed by atoms with van der Waals surface area (Å²) in [5.41, 5.74) is 1.63. The van der Waals surface area contributed by atoms with Gasteiger partial charge in [0, 0.05) is 31.2 Å². The van der Waals surface area contributed by atoms with E-state index < -0.39 is 0 Å². The molecule has 2 heterocycles. The molecule has 0 spiro atoms. The molecule has 2 aliphatic heterocycles. The number of halogens is 4. The monoisotopic (exact) mass is 462 g/mol. The number of hydrogen-bond acceptors (Lipinski definition) is 2. The minimum absolute atomic E-state index is 0.344. The molecule has 4 rings (SSSR count). The predicted molar refractivity (Wildman–Crippen MR) is 114 cm³/mol. The van der Waals surface area contributed by atoms with E-state index in [1.807, 2.05) is 22.2 Å². The molecule has 10 heteroatoms. The van der Waals surface area contributed by atoms with E-state index in [1.54, 1.807) is 24.3 Å². The Kier molecular flexibility index (Phi) is 4.84. The lowest BCUT2D eigenvalue weighted by Gasteiger charge is -2.27. The van der Waals surface area contributed by atoms with Crippen molar-refractivity contribution >= 4 is 81.1 Å². The number of rotatable bonds is 2. The number of fused-ring (bicyclic) bond motifs is 1. The fourth-order valence-electron chi connectivity index (χ4n) is 3.03. The Balaban J connectivity index is 1.73. The molecule has 26 heavy (non-hydrogen) atoms. The Bertz CT molecular complexity index is 863. The summed E-state index contributed by atoms with van der Waals surface area (Å²) >= 11 is 35.8. The molecule has 2 aromatic carbocycles. The van der Waals surface area contributed by atoms with Crippen LogP contribution >= 0.6 is 70.8 Å². The van der Waals surface area contributed by atoms with Gasteiger partial charge in [0.2, 0.25) is 0 Å². The van der Waals surface area contributed by atoms with Gasteiger partial charge in [-0.15, -0.1) is 0 Å². The predicted octanol–water partition coefficient (Wildman–Crippen LogP) is 5.29. The third-order valence-electron chi connectivity index (χ3n) is 4.17. The maximum Gasteiger partial charge on any atom is 0.192 e. The molecular formula is C16H10Cl4N4S2. The maximum absolute atomic E-state index is 6.38. The van der Waals surface area contributed by atoms with Gasteiger partial charge in [0.05, 0.1) is 0 Å². The van der Waals surface area contributed by atoms with Crippen molar-refractivity contribution in [2.75, 3.05) is 0 Å². The van der Waals surface area contributed by atoms with Crippen molar-refractivity contribution in [3.63, 3.8) is 0 Å². The van der Waals surface area contributed by atoms with Gasteiger partial charge in [0.25, 0.3) is 0 Å². The number of benzene rings is 2. The molecule has 2 aliphatic rings. The second-order valence-corrected chi connectivity index (χ2v) is 8.19. The van der Waals surface area contributed by atoms with Crippen LogP contribution in [0.1, 0.15) is 23.5 Å². The zero-order valence-corrected chi connectivity index (χ0v) is 17.5. The topological polar surface area (TPSA) is 30.5 Å². The smallest absolute Gasteiger partial charge is 0.192 e. The highest BCUT2D eigenvalue weighted by atomic mass is 35.5. The molecule has 0 radical (unpaired) electrons. The highest BCUT2D eigenvalue weighted by molar-refractivity contribution is 7.80. The van der Waals surface area contributed by atoms with Gasteiger partial charge in [0.15, 0.2) is 22.6 Å². The van der Waals surface area contributed by atoms with Crippen LogP contribution < -0.4 is 10.6 Å². The minimum atomic E-state index is -0.344. The molecule has 2 N–H and O–H groups in total. The molecule has 2 atom stereocenters. The first-order valence-corrected chi connectivity index (χ1v) is 9.79. The van der Waals surface area contributed by atoms with E-state index in [9.17, 15) is 0 Å². The first kappa shape index (κ1) is 18.3. The largest absolute Gasteiger partial charge is 0.336 e. The van der Waals surface area contributed by atoms with E-state index in [0.717, 1.165) is 11.1 Å². The summed E-state index contributed by atoms with van der Waals surface area (Å²) in [5.74, 6) is 0. The Morgan fingerprint density at radius 3 is 1.42 bits per heavy atom. The van der Waals surface area contributed by atoms with Crippen LogP contribution in [0.25, 0.3) is 0 Å². The van der Waals surface area contributed by atoms with Crippen LogP contribution in [0, 0.1) is 0 Å². The lowest BCUT2D eigenvalue weighted by Crippen LogP contribution is -2.36. The number of nitrogens with one attached hydrogen (secondary N) is 2.